The van der Waals surface area contributed by atoms with E-state index in [1.165, 1.54) is 55.1 Å². The number of oxazole rings is 1. The lowest BCUT2D eigenvalue weighted by atomic mass is 9.95. The van der Waals surface area contributed by atoms with E-state index in [1.54, 1.807) is 0 Å². The van der Waals surface area contributed by atoms with Crippen LogP contribution in [0.15, 0.2) is 114 Å². The number of benzene rings is 4. The van der Waals surface area contributed by atoms with Gasteiger partial charge >= 0.3 is 0 Å². The number of hydrogen-bond donors (Lipinski definition) is 1. The highest BCUT2D eigenvalue weighted by Crippen LogP contribution is 2.42. The number of nitrogens with one attached hydrogen (secondary N) is 1. The molecule has 0 fully saturated rings. The first-order valence-electron chi connectivity index (χ1n) is 14.4. The Morgan fingerprint density at radius 2 is 1.61 bits per heavy atom. The summed E-state index contributed by atoms with van der Waals surface area (Å²) < 4.78 is 8.63. The van der Waals surface area contributed by atoms with E-state index >= 15 is 0 Å². The van der Waals surface area contributed by atoms with E-state index in [-0.39, 0.29) is 6.04 Å². The molecular weight excluding hydrogens is 502 g/mol. The zero-order chi connectivity index (χ0) is 26.9. The van der Waals surface area contributed by atoms with Gasteiger partial charge in [-0.3, -0.25) is 0 Å². The van der Waals surface area contributed by atoms with Crippen LogP contribution in [0.5, 0.6) is 0 Å². The number of H-pyrrole nitrogens is 1. The van der Waals surface area contributed by atoms with Crippen LogP contribution in [0.3, 0.4) is 0 Å². The normalized spacial score (nSPS) is 16.7. The first-order chi connectivity index (χ1) is 20.3. The predicted molar refractivity (Wildman–Crippen MR) is 169 cm³/mol. The molecule has 4 heteroatoms. The summed E-state index contributed by atoms with van der Waals surface area (Å²) in [5.74, 6) is 0.657. The average molecular weight is 530 g/mol. The second-order valence-electron chi connectivity index (χ2n) is 11.1. The van der Waals surface area contributed by atoms with Gasteiger partial charge in [0.1, 0.15) is 5.52 Å². The predicted octanol–water partition coefficient (Wildman–Crippen LogP) is 9.63. The Balaban J connectivity index is 1.17. The van der Waals surface area contributed by atoms with Crippen LogP contribution >= 0.6 is 0 Å². The standard InChI is InChI=1S/C37H27N3O/c1-3-12-31-27(10-1)29-20-21-30-28-11-2-5-14-33(28)40(36(30)35(29)38-31)26-9-7-8-25(22-26)23-16-18-24(19-17-23)37-39-32-13-4-6-15-34(32)41-37/h1-4,6-8,10-13,15-22,26,38H,5,9,14H2. The lowest BCUT2D eigenvalue weighted by Crippen LogP contribution is -2.13. The summed E-state index contributed by atoms with van der Waals surface area (Å²) >= 11 is 0. The minimum atomic E-state index is 0.237. The molecule has 0 spiro atoms. The molecule has 196 valence electrons. The van der Waals surface area contributed by atoms with Crippen molar-refractivity contribution in [3.8, 4) is 11.5 Å². The molecule has 7 aromatic rings. The number of hydrogen-bond acceptors (Lipinski definition) is 2. The van der Waals surface area contributed by atoms with E-state index in [0.29, 0.717) is 5.89 Å². The SMILES string of the molecule is C1=Cc2c(n(C3C=C(c4ccc(-c5nc6ccccc6o5)cc4)C=CC3)c3c2ccc2c4ccccc4[nH]c23)CC1. The maximum Gasteiger partial charge on any atom is 0.227 e. The molecule has 1 N–H and O–H groups in total. The molecule has 4 nitrogen and oxygen atoms in total. The Hall–Kier alpha value is -5.09. The summed E-state index contributed by atoms with van der Waals surface area (Å²) in [5.41, 5.74) is 11.7. The first-order valence-corrected chi connectivity index (χ1v) is 14.4. The third-order valence-electron chi connectivity index (χ3n) is 8.76. The zero-order valence-electron chi connectivity index (χ0n) is 22.5. The van der Waals surface area contributed by atoms with E-state index in [2.05, 4.69) is 106 Å². The molecule has 0 aliphatic heterocycles. The largest absolute Gasteiger partial charge is 0.436 e. The number of fused-ring (bicyclic) bond motifs is 8. The van der Waals surface area contributed by atoms with Gasteiger partial charge in [-0.1, -0.05) is 85.0 Å². The second-order valence-corrected chi connectivity index (χ2v) is 11.1. The third-order valence-corrected chi connectivity index (χ3v) is 8.76. The van der Waals surface area contributed by atoms with E-state index in [0.717, 1.165) is 35.9 Å². The van der Waals surface area contributed by atoms with Crippen molar-refractivity contribution in [2.24, 2.45) is 0 Å². The van der Waals surface area contributed by atoms with Gasteiger partial charge in [0.05, 0.1) is 17.1 Å². The Morgan fingerprint density at radius 3 is 2.54 bits per heavy atom. The minimum absolute atomic E-state index is 0.237. The van der Waals surface area contributed by atoms with Gasteiger partial charge in [0.25, 0.3) is 0 Å². The van der Waals surface area contributed by atoms with Gasteiger partial charge in [-0.15, -0.1) is 0 Å². The molecule has 41 heavy (non-hydrogen) atoms. The summed E-state index contributed by atoms with van der Waals surface area (Å²) in [7, 11) is 0. The molecule has 0 saturated carbocycles. The summed E-state index contributed by atoms with van der Waals surface area (Å²) in [6.45, 7) is 0. The van der Waals surface area contributed by atoms with Crippen molar-refractivity contribution in [1.29, 1.82) is 0 Å². The van der Waals surface area contributed by atoms with E-state index in [9.17, 15) is 0 Å². The van der Waals surface area contributed by atoms with Crippen LogP contribution in [0.2, 0.25) is 0 Å². The lowest BCUT2D eigenvalue weighted by Gasteiger charge is -2.24. The van der Waals surface area contributed by atoms with Gasteiger partial charge in [0.15, 0.2) is 5.58 Å². The fraction of sp³-hybridized carbons (Fsp3) is 0.108. The van der Waals surface area contributed by atoms with Gasteiger partial charge in [0, 0.05) is 38.5 Å². The van der Waals surface area contributed by atoms with Crippen LogP contribution in [0.25, 0.3) is 66.9 Å². The smallest absolute Gasteiger partial charge is 0.227 e. The Kier molecular flexibility index (Phi) is 4.82. The maximum absolute atomic E-state index is 6.00. The van der Waals surface area contributed by atoms with Gasteiger partial charge in [0.2, 0.25) is 5.89 Å². The number of nitrogens with zero attached hydrogens (tertiary/aromatic N) is 2. The summed E-state index contributed by atoms with van der Waals surface area (Å²) in [5, 5.41) is 3.91. The summed E-state index contributed by atoms with van der Waals surface area (Å²) in [4.78, 5) is 8.46. The van der Waals surface area contributed by atoms with Crippen molar-refractivity contribution in [1.82, 2.24) is 14.5 Å². The molecule has 4 aromatic carbocycles. The van der Waals surface area contributed by atoms with Gasteiger partial charge in [-0.25, -0.2) is 4.98 Å². The minimum Gasteiger partial charge on any atom is -0.436 e. The quantitative estimate of drug-likeness (QED) is 0.248. The highest BCUT2D eigenvalue weighted by molar-refractivity contribution is 6.17. The molecule has 2 aliphatic rings. The van der Waals surface area contributed by atoms with Crippen molar-refractivity contribution >= 4 is 55.5 Å². The number of aromatic nitrogens is 3. The summed E-state index contributed by atoms with van der Waals surface area (Å²) in [6.07, 6.45) is 14.8. The van der Waals surface area contributed by atoms with E-state index < -0.39 is 0 Å². The van der Waals surface area contributed by atoms with Gasteiger partial charge < -0.3 is 14.0 Å². The van der Waals surface area contributed by atoms with Crippen molar-refractivity contribution in [3.63, 3.8) is 0 Å². The zero-order valence-corrected chi connectivity index (χ0v) is 22.5. The van der Waals surface area contributed by atoms with Crippen molar-refractivity contribution in [3.05, 3.63) is 126 Å². The number of para-hydroxylation sites is 3. The average Bonchev–Trinajstić information content (AvgIpc) is 3.73. The molecular formula is C37H27N3O. The first kappa shape index (κ1) is 22.7. The molecule has 3 heterocycles. The number of rotatable bonds is 3. The molecule has 0 saturated heterocycles. The molecule has 9 rings (SSSR count). The molecule has 2 aliphatic carbocycles. The topological polar surface area (TPSA) is 46.8 Å². The second kappa shape index (κ2) is 8.70. The molecule has 0 amide bonds. The molecule has 3 aromatic heterocycles. The van der Waals surface area contributed by atoms with Crippen LogP contribution in [0.4, 0.5) is 0 Å². The Morgan fingerprint density at radius 1 is 0.780 bits per heavy atom. The monoisotopic (exact) mass is 529 g/mol. The van der Waals surface area contributed by atoms with Crippen LogP contribution in [0.1, 0.15) is 35.7 Å². The van der Waals surface area contributed by atoms with E-state index in [1.807, 2.05) is 24.3 Å². The lowest BCUT2D eigenvalue weighted by molar-refractivity contribution is 0.601. The molecule has 1 unspecified atom stereocenters. The van der Waals surface area contributed by atoms with Crippen LogP contribution in [-0.4, -0.2) is 14.5 Å². The molecule has 0 bridgehead atoms. The highest BCUT2D eigenvalue weighted by Gasteiger charge is 2.25. The molecule has 0 radical (unpaired) electrons. The Labute approximate surface area is 236 Å². The van der Waals surface area contributed by atoms with Crippen LogP contribution < -0.4 is 0 Å². The number of aromatic amines is 1. The number of allylic oxidation sites excluding steroid dienone is 5. The van der Waals surface area contributed by atoms with E-state index in [4.69, 9.17) is 4.42 Å². The van der Waals surface area contributed by atoms with Crippen LogP contribution in [-0.2, 0) is 6.42 Å². The highest BCUT2D eigenvalue weighted by atomic mass is 16.3. The van der Waals surface area contributed by atoms with Crippen molar-refractivity contribution < 1.29 is 4.42 Å². The fourth-order valence-electron chi connectivity index (χ4n) is 6.86. The van der Waals surface area contributed by atoms with Crippen molar-refractivity contribution in [2.75, 3.05) is 0 Å². The summed E-state index contributed by atoms with van der Waals surface area (Å²) in [6, 6.07) is 30.0. The fourth-order valence-corrected chi connectivity index (χ4v) is 6.86. The Bertz CT molecular complexity index is 2200. The van der Waals surface area contributed by atoms with Crippen molar-refractivity contribution in [2.45, 2.75) is 25.3 Å². The van der Waals surface area contributed by atoms with Gasteiger partial charge in [-0.2, -0.15) is 0 Å². The third kappa shape index (κ3) is 3.44. The van der Waals surface area contributed by atoms with Crippen LogP contribution in [0, 0.1) is 0 Å². The maximum atomic E-state index is 6.00. The molecule has 1 atom stereocenters. The van der Waals surface area contributed by atoms with Gasteiger partial charge in [-0.05, 0) is 60.7 Å².